The zero-order valence-electron chi connectivity index (χ0n) is 9.88. The van der Waals surface area contributed by atoms with E-state index < -0.39 is 0 Å². The van der Waals surface area contributed by atoms with Gasteiger partial charge < -0.3 is 10.4 Å². The van der Waals surface area contributed by atoms with E-state index in [-0.39, 0.29) is 11.6 Å². The minimum atomic E-state index is -0.231. The molecule has 0 radical (unpaired) electrons. The Morgan fingerprint density at radius 2 is 2.21 bits per heavy atom. The molecule has 0 aromatic carbocycles. The molecule has 3 heteroatoms. The van der Waals surface area contributed by atoms with Crippen LogP contribution in [0, 0.1) is 0 Å². The highest BCUT2D eigenvalue weighted by Crippen LogP contribution is 2.14. The number of β-amino-alcohol motifs (C(OH)–C–C–N with tert-alkyl or cyclic N) is 1. The second-order valence-corrected chi connectivity index (χ2v) is 5.11. The first-order chi connectivity index (χ1) is 6.44. The molecule has 0 spiro atoms. The summed E-state index contributed by atoms with van der Waals surface area (Å²) in [5, 5.41) is 13.1. The molecule has 2 N–H and O–H groups in total. The van der Waals surface area contributed by atoms with E-state index >= 15 is 0 Å². The highest BCUT2D eigenvalue weighted by molar-refractivity contribution is 4.89. The zero-order chi connectivity index (χ0) is 10.8. The van der Waals surface area contributed by atoms with Gasteiger partial charge in [-0.2, -0.15) is 0 Å². The maximum atomic E-state index is 9.73. The van der Waals surface area contributed by atoms with Crippen molar-refractivity contribution in [2.45, 2.75) is 51.8 Å². The van der Waals surface area contributed by atoms with Crippen LogP contribution in [0.15, 0.2) is 0 Å². The van der Waals surface area contributed by atoms with Gasteiger partial charge in [0.15, 0.2) is 0 Å². The van der Waals surface area contributed by atoms with Crippen molar-refractivity contribution in [2.75, 3.05) is 19.6 Å². The highest BCUT2D eigenvalue weighted by Gasteiger charge is 2.29. The van der Waals surface area contributed by atoms with Gasteiger partial charge in [0, 0.05) is 31.2 Å². The standard InChI is InChI=1S/C11H24N2O/c1-5-9(2)13-7-10(14)6-12-11(3,4)8-13/h9-10,12,14H,5-8H2,1-4H3. The van der Waals surface area contributed by atoms with Gasteiger partial charge in [0.1, 0.15) is 0 Å². The fraction of sp³-hybridized carbons (Fsp3) is 1.00. The first-order valence-corrected chi connectivity index (χ1v) is 5.62. The molecule has 0 aliphatic carbocycles. The normalized spacial score (nSPS) is 31.1. The maximum Gasteiger partial charge on any atom is 0.0791 e. The van der Waals surface area contributed by atoms with E-state index in [2.05, 4.69) is 37.9 Å². The van der Waals surface area contributed by atoms with E-state index in [0.29, 0.717) is 12.6 Å². The van der Waals surface area contributed by atoms with Crippen molar-refractivity contribution in [1.29, 1.82) is 0 Å². The van der Waals surface area contributed by atoms with Gasteiger partial charge in [-0.3, -0.25) is 4.90 Å². The summed E-state index contributed by atoms with van der Waals surface area (Å²) in [7, 11) is 0. The third kappa shape index (κ3) is 3.23. The molecule has 0 amide bonds. The molecule has 0 bridgehead atoms. The second kappa shape index (κ2) is 4.60. The number of nitrogens with zero attached hydrogens (tertiary/aromatic N) is 1. The molecular weight excluding hydrogens is 176 g/mol. The number of aliphatic hydroxyl groups is 1. The van der Waals surface area contributed by atoms with E-state index in [4.69, 9.17) is 0 Å². The molecule has 1 fully saturated rings. The first-order valence-electron chi connectivity index (χ1n) is 5.62. The van der Waals surface area contributed by atoms with Gasteiger partial charge in [-0.15, -0.1) is 0 Å². The van der Waals surface area contributed by atoms with Crippen LogP contribution in [0.4, 0.5) is 0 Å². The fourth-order valence-electron chi connectivity index (χ4n) is 1.95. The molecule has 2 atom stereocenters. The fourth-order valence-corrected chi connectivity index (χ4v) is 1.95. The Bertz CT molecular complexity index is 182. The SMILES string of the molecule is CCC(C)N1CC(O)CNC(C)(C)C1. The van der Waals surface area contributed by atoms with Crippen LogP contribution in [-0.4, -0.2) is 47.3 Å². The molecule has 84 valence electrons. The molecule has 2 unspecified atom stereocenters. The molecule has 0 saturated carbocycles. The van der Waals surface area contributed by atoms with Crippen molar-refractivity contribution in [3.05, 3.63) is 0 Å². The quantitative estimate of drug-likeness (QED) is 0.693. The Morgan fingerprint density at radius 1 is 1.57 bits per heavy atom. The highest BCUT2D eigenvalue weighted by atomic mass is 16.3. The van der Waals surface area contributed by atoms with Crippen LogP contribution in [0.5, 0.6) is 0 Å². The number of rotatable bonds is 2. The van der Waals surface area contributed by atoms with E-state index in [1.165, 1.54) is 0 Å². The summed E-state index contributed by atoms with van der Waals surface area (Å²) in [6, 6.07) is 0.559. The Kier molecular flexibility index (Phi) is 3.93. The first kappa shape index (κ1) is 12.0. The summed E-state index contributed by atoms with van der Waals surface area (Å²) in [6.07, 6.45) is 0.911. The summed E-state index contributed by atoms with van der Waals surface area (Å²) in [6.45, 7) is 11.3. The van der Waals surface area contributed by atoms with Crippen LogP contribution in [0.25, 0.3) is 0 Å². The molecule has 1 heterocycles. The molecule has 1 saturated heterocycles. The van der Waals surface area contributed by atoms with Gasteiger partial charge >= 0.3 is 0 Å². The molecule has 0 aromatic rings. The average Bonchev–Trinajstić information content (AvgIpc) is 2.24. The topological polar surface area (TPSA) is 35.5 Å². The Labute approximate surface area is 87.5 Å². The Balaban J connectivity index is 2.64. The number of aliphatic hydroxyl groups excluding tert-OH is 1. The molecule has 1 aliphatic rings. The van der Waals surface area contributed by atoms with Crippen molar-refractivity contribution in [2.24, 2.45) is 0 Å². The molecule has 0 aromatic heterocycles. The average molecular weight is 200 g/mol. The minimum absolute atomic E-state index is 0.112. The van der Waals surface area contributed by atoms with Crippen molar-refractivity contribution in [1.82, 2.24) is 10.2 Å². The van der Waals surface area contributed by atoms with Crippen molar-refractivity contribution in [3.63, 3.8) is 0 Å². The lowest BCUT2D eigenvalue weighted by molar-refractivity contribution is 0.104. The van der Waals surface area contributed by atoms with Crippen LogP contribution in [0.3, 0.4) is 0 Å². The minimum Gasteiger partial charge on any atom is -0.390 e. The third-order valence-electron chi connectivity index (χ3n) is 3.07. The molecular formula is C11H24N2O. The van der Waals surface area contributed by atoms with Crippen molar-refractivity contribution < 1.29 is 5.11 Å². The van der Waals surface area contributed by atoms with Gasteiger partial charge in [0.2, 0.25) is 0 Å². The number of nitrogens with one attached hydrogen (secondary N) is 1. The predicted octanol–water partition coefficient (Wildman–Crippen LogP) is 0.830. The van der Waals surface area contributed by atoms with E-state index in [0.717, 1.165) is 19.5 Å². The van der Waals surface area contributed by atoms with Gasteiger partial charge in [-0.1, -0.05) is 6.92 Å². The largest absolute Gasteiger partial charge is 0.390 e. The lowest BCUT2D eigenvalue weighted by Gasteiger charge is -2.33. The van der Waals surface area contributed by atoms with Crippen LogP contribution >= 0.6 is 0 Å². The smallest absolute Gasteiger partial charge is 0.0791 e. The number of hydrogen-bond acceptors (Lipinski definition) is 3. The lowest BCUT2D eigenvalue weighted by atomic mass is 10.0. The predicted molar refractivity (Wildman–Crippen MR) is 59.4 cm³/mol. The van der Waals surface area contributed by atoms with Crippen LogP contribution < -0.4 is 5.32 Å². The summed E-state index contributed by atoms with van der Waals surface area (Å²) in [4.78, 5) is 2.38. The van der Waals surface area contributed by atoms with Crippen molar-refractivity contribution in [3.8, 4) is 0 Å². The van der Waals surface area contributed by atoms with E-state index in [1.807, 2.05) is 0 Å². The Morgan fingerprint density at radius 3 is 2.79 bits per heavy atom. The van der Waals surface area contributed by atoms with Crippen molar-refractivity contribution >= 4 is 0 Å². The summed E-state index contributed by atoms with van der Waals surface area (Å²) < 4.78 is 0. The van der Waals surface area contributed by atoms with Crippen LogP contribution in [0.1, 0.15) is 34.1 Å². The number of hydrogen-bond donors (Lipinski definition) is 2. The lowest BCUT2D eigenvalue weighted by Crippen LogP contribution is -2.48. The van der Waals surface area contributed by atoms with E-state index in [9.17, 15) is 5.11 Å². The van der Waals surface area contributed by atoms with Gasteiger partial charge in [0.25, 0.3) is 0 Å². The molecule has 1 rings (SSSR count). The third-order valence-corrected chi connectivity index (χ3v) is 3.07. The monoisotopic (exact) mass is 200 g/mol. The van der Waals surface area contributed by atoms with E-state index in [1.54, 1.807) is 0 Å². The maximum absolute atomic E-state index is 9.73. The molecule has 3 nitrogen and oxygen atoms in total. The van der Waals surface area contributed by atoms with Crippen LogP contribution in [-0.2, 0) is 0 Å². The van der Waals surface area contributed by atoms with Gasteiger partial charge in [0.05, 0.1) is 6.10 Å². The Hall–Kier alpha value is -0.120. The van der Waals surface area contributed by atoms with Gasteiger partial charge in [-0.25, -0.2) is 0 Å². The second-order valence-electron chi connectivity index (χ2n) is 5.11. The zero-order valence-corrected chi connectivity index (χ0v) is 9.88. The summed E-state index contributed by atoms with van der Waals surface area (Å²) in [5.41, 5.74) is 0.112. The van der Waals surface area contributed by atoms with Crippen LogP contribution in [0.2, 0.25) is 0 Å². The summed E-state index contributed by atoms with van der Waals surface area (Å²) in [5.74, 6) is 0. The summed E-state index contributed by atoms with van der Waals surface area (Å²) >= 11 is 0. The molecule has 1 aliphatic heterocycles. The van der Waals surface area contributed by atoms with Gasteiger partial charge in [-0.05, 0) is 27.2 Å². The molecule has 14 heavy (non-hydrogen) atoms.